The first-order chi connectivity index (χ1) is 8.49. The number of halogens is 3. The summed E-state index contributed by atoms with van der Waals surface area (Å²) in [7, 11) is 0. The first kappa shape index (κ1) is 14.9. The fourth-order valence-corrected chi connectivity index (χ4v) is 1.95. The average Bonchev–Trinajstić information content (AvgIpc) is 2.30. The van der Waals surface area contributed by atoms with Gasteiger partial charge in [0.2, 0.25) is 0 Å². The second kappa shape index (κ2) is 6.68. The van der Waals surface area contributed by atoms with E-state index in [1.54, 1.807) is 19.9 Å². The Labute approximate surface area is 112 Å². The number of aryl methyl sites for hydroxylation is 1. The van der Waals surface area contributed by atoms with Gasteiger partial charge in [-0.25, -0.2) is 4.79 Å². The summed E-state index contributed by atoms with van der Waals surface area (Å²) in [5, 5.41) is 0.309. The summed E-state index contributed by atoms with van der Waals surface area (Å²) in [6, 6.07) is 3.15. The van der Waals surface area contributed by atoms with E-state index in [0.29, 0.717) is 10.9 Å². The van der Waals surface area contributed by atoms with Crippen molar-refractivity contribution in [1.82, 2.24) is 0 Å². The highest BCUT2D eigenvalue weighted by Crippen LogP contribution is 2.30. The monoisotopic (exact) mass is 322 g/mol. The van der Waals surface area contributed by atoms with Gasteiger partial charge >= 0.3 is 12.6 Å². The minimum Gasteiger partial charge on any atom is -0.462 e. The van der Waals surface area contributed by atoms with Gasteiger partial charge in [-0.3, -0.25) is 0 Å². The number of benzene rings is 1. The summed E-state index contributed by atoms with van der Waals surface area (Å²) < 4.78 is 34.0. The van der Waals surface area contributed by atoms with Crippen LogP contribution in [0.15, 0.2) is 12.1 Å². The topological polar surface area (TPSA) is 35.5 Å². The van der Waals surface area contributed by atoms with Gasteiger partial charge < -0.3 is 9.47 Å². The van der Waals surface area contributed by atoms with Crippen LogP contribution in [0.1, 0.15) is 28.4 Å². The van der Waals surface area contributed by atoms with Crippen LogP contribution in [0.4, 0.5) is 8.78 Å². The van der Waals surface area contributed by atoms with Crippen molar-refractivity contribution in [3.8, 4) is 5.75 Å². The van der Waals surface area contributed by atoms with Crippen molar-refractivity contribution in [2.24, 2.45) is 0 Å². The highest BCUT2D eigenvalue weighted by Gasteiger charge is 2.20. The van der Waals surface area contributed by atoms with Gasteiger partial charge in [-0.15, -0.1) is 0 Å². The lowest BCUT2D eigenvalue weighted by molar-refractivity contribution is -0.0509. The second-order valence-electron chi connectivity index (χ2n) is 3.53. The van der Waals surface area contributed by atoms with Gasteiger partial charge in [-0.2, -0.15) is 8.78 Å². The van der Waals surface area contributed by atoms with Crippen LogP contribution in [0.25, 0.3) is 0 Å². The van der Waals surface area contributed by atoms with E-state index in [1.807, 2.05) is 0 Å². The van der Waals surface area contributed by atoms with Crippen molar-refractivity contribution in [2.45, 2.75) is 25.8 Å². The van der Waals surface area contributed by atoms with E-state index in [2.05, 4.69) is 20.7 Å². The van der Waals surface area contributed by atoms with Gasteiger partial charge in [0.1, 0.15) is 11.3 Å². The molecular formula is C12H13BrF2O3. The number of carbonyl (C=O) groups is 1. The fourth-order valence-electron chi connectivity index (χ4n) is 1.54. The molecule has 1 aromatic carbocycles. The first-order valence-electron chi connectivity index (χ1n) is 5.31. The molecule has 0 atom stereocenters. The maximum atomic E-state index is 12.4. The normalized spacial score (nSPS) is 10.6. The van der Waals surface area contributed by atoms with E-state index in [0.717, 1.165) is 5.56 Å². The largest absolute Gasteiger partial charge is 0.462 e. The fraction of sp³-hybridized carbons (Fsp3) is 0.417. The molecule has 0 aliphatic carbocycles. The third kappa shape index (κ3) is 3.66. The van der Waals surface area contributed by atoms with Crippen LogP contribution >= 0.6 is 15.9 Å². The Balaban J connectivity index is 3.27. The van der Waals surface area contributed by atoms with E-state index < -0.39 is 12.6 Å². The molecule has 0 saturated carbocycles. The molecule has 0 amide bonds. The third-order valence-corrected chi connectivity index (χ3v) is 2.76. The first-order valence-corrected chi connectivity index (χ1v) is 6.43. The highest BCUT2D eigenvalue weighted by molar-refractivity contribution is 9.08. The number of carbonyl (C=O) groups excluding carboxylic acids is 1. The molecule has 0 bridgehead atoms. The van der Waals surface area contributed by atoms with Crippen LogP contribution in [0.3, 0.4) is 0 Å². The van der Waals surface area contributed by atoms with Gasteiger partial charge in [0.15, 0.2) is 0 Å². The number of ether oxygens (including phenoxy) is 2. The standard InChI is InChI=1S/C12H13BrF2O3/c1-3-17-11(16)9-5-7(2)4-8(6-13)10(9)18-12(14)15/h4-5,12H,3,6H2,1-2H3. The molecule has 1 aromatic rings. The summed E-state index contributed by atoms with van der Waals surface area (Å²) in [5.74, 6) is -0.801. The summed E-state index contributed by atoms with van der Waals surface area (Å²) in [5.41, 5.74) is 1.28. The molecule has 0 heterocycles. The Hall–Kier alpha value is -1.17. The molecule has 18 heavy (non-hydrogen) atoms. The Morgan fingerprint density at radius 1 is 1.44 bits per heavy atom. The molecule has 3 nitrogen and oxygen atoms in total. The predicted octanol–water partition coefficient (Wildman–Crippen LogP) is 3.67. The van der Waals surface area contributed by atoms with Crippen LogP contribution in [0, 0.1) is 6.92 Å². The molecule has 0 aliphatic heterocycles. The molecular weight excluding hydrogens is 310 g/mol. The number of hydrogen-bond acceptors (Lipinski definition) is 3. The van der Waals surface area contributed by atoms with Crippen molar-refractivity contribution in [3.63, 3.8) is 0 Å². The van der Waals surface area contributed by atoms with E-state index in [9.17, 15) is 13.6 Å². The number of hydrogen-bond donors (Lipinski definition) is 0. The van der Waals surface area contributed by atoms with Crippen molar-refractivity contribution < 1.29 is 23.0 Å². The molecule has 0 saturated heterocycles. The lowest BCUT2D eigenvalue weighted by Gasteiger charge is -2.14. The zero-order valence-electron chi connectivity index (χ0n) is 10.0. The Kier molecular flexibility index (Phi) is 5.53. The molecule has 0 aliphatic rings. The molecule has 0 aromatic heterocycles. The molecule has 0 unspecified atom stereocenters. The maximum absolute atomic E-state index is 12.4. The summed E-state index contributed by atoms with van der Waals surface area (Å²) >= 11 is 3.18. The molecule has 100 valence electrons. The quantitative estimate of drug-likeness (QED) is 0.613. The predicted molar refractivity (Wildman–Crippen MR) is 66.4 cm³/mol. The number of alkyl halides is 3. The lowest BCUT2D eigenvalue weighted by atomic mass is 10.1. The minimum absolute atomic E-state index is 0.0200. The van der Waals surface area contributed by atoms with Gasteiger partial charge in [0, 0.05) is 10.9 Å². The van der Waals surface area contributed by atoms with Crippen LogP contribution in [0.5, 0.6) is 5.75 Å². The molecule has 0 N–H and O–H groups in total. The van der Waals surface area contributed by atoms with E-state index in [1.165, 1.54) is 6.07 Å². The molecule has 0 spiro atoms. The molecule has 0 radical (unpaired) electrons. The highest BCUT2D eigenvalue weighted by atomic mass is 79.9. The Bertz CT molecular complexity index is 436. The zero-order chi connectivity index (χ0) is 13.7. The summed E-state index contributed by atoms with van der Waals surface area (Å²) in [6.07, 6.45) is 0. The van der Waals surface area contributed by atoms with Crippen LogP contribution in [-0.4, -0.2) is 19.2 Å². The number of rotatable bonds is 5. The van der Waals surface area contributed by atoms with Gasteiger partial charge in [0.25, 0.3) is 0 Å². The van der Waals surface area contributed by atoms with Crippen molar-refractivity contribution in [2.75, 3.05) is 6.61 Å². The maximum Gasteiger partial charge on any atom is 0.387 e. The smallest absolute Gasteiger partial charge is 0.387 e. The van der Waals surface area contributed by atoms with Gasteiger partial charge in [-0.1, -0.05) is 22.0 Å². The van der Waals surface area contributed by atoms with Gasteiger partial charge in [-0.05, 0) is 25.5 Å². The molecule has 1 rings (SSSR count). The average molecular weight is 323 g/mol. The zero-order valence-corrected chi connectivity index (χ0v) is 11.6. The summed E-state index contributed by atoms with van der Waals surface area (Å²) in [6.45, 7) is 0.594. The van der Waals surface area contributed by atoms with Crippen molar-refractivity contribution >= 4 is 21.9 Å². The second-order valence-corrected chi connectivity index (χ2v) is 4.09. The summed E-state index contributed by atoms with van der Waals surface area (Å²) in [4.78, 5) is 11.7. The van der Waals surface area contributed by atoms with Crippen molar-refractivity contribution in [1.29, 1.82) is 0 Å². The van der Waals surface area contributed by atoms with Crippen LogP contribution < -0.4 is 4.74 Å². The Morgan fingerprint density at radius 3 is 2.61 bits per heavy atom. The molecule has 0 fully saturated rings. The SMILES string of the molecule is CCOC(=O)c1cc(C)cc(CBr)c1OC(F)F. The van der Waals surface area contributed by atoms with E-state index in [4.69, 9.17) is 4.74 Å². The minimum atomic E-state index is -2.99. The third-order valence-electron chi connectivity index (χ3n) is 2.16. The molecule has 6 heteroatoms. The van der Waals surface area contributed by atoms with Gasteiger partial charge in [0.05, 0.1) is 6.61 Å². The van der Waals surface area contributed by atoms with E-state index >= 15 is 0 Å². The van der Waals surface area contributed by atoms with Crippen LogP contribution in [-0.2, 0) is 10.1 Å². The van der Waals surface area contributed by atoms with E-state index in [-0.39, 0.29) is 17.9 Å². The van der Waals surface area contributed by atoms with Crippen LogP contribution in [0.2, 0.25) is 0 Å². The number of esters is 1. The lowest BCUT2D eigenvalue weighted by Crippen LogP contribution is -2.12. The van der Waals surface area contributed by atoms with Crippen molar-refractivity contribution in [3.05, 3.63) is 28.8 Å². The Morgan fingerprint density at radius 2 is 2.11 bits per heavy atom.